The van der Waals surface area contributed by atoms with Gasteiger partial charge in [0.2, 0.25) is 6.29 Å². The summed E-state index contributed by atoms with van der Waals surface area (Å²) in [5.41, 5.74) is 0.534. The van der Waals surface area contributed by atoms with Gasteiger partial charge < -0.3 is 84.6 Å². The molecule has 0 bridgehead atoms. The highest BCUT2D eigenvalue weighted by atomic mass is 16.8. The van der Waals surface area contributed by atoms with Crippen molar-refractivity contribution in [3.8, 4) is 40.2 Å². The number of fused-ring (bicyclic) bond motifs is 1. The fourth-order valence-corrected chi connectivity index (χ4v) is 5.77. The van der Waals surface area contributed by atoms with Gasteiger partial charge in [0.25, 0.3) is 0 Å². The number of phenolic OH excluding ortho intramolecular Hbond substituents is 6. The summed E-state index contributed by atoms with van der Waals surface area (Å²) in [7, 11) is 0. The van der Waals surface area contributed by atoms with Gasteiger partial charge in [0.15, 0.2) is 41.5 Å². The number of esters is 1. The molecular formula is C35H36O18. The van der Waals surface area contributed by atoms with E-state index >= 15 is 0 Å². The average molecular weight is 745 g/mol. The molecule has 0 amide bonds. The number of hydrogen-bond acceptors (Lipinski definition) is 18. The molecule has 10 atom stereocenters. The fraction of sp³-hybridized carbons (Fsp3) is 0.343. The van der Waals surface area contributed by atoms with Gasteiger partial charge in [0.1, 0.15) is 66.2 Å². The predicted molar refractivity (Wildman–Crippen MR) is 175 cm³/mol. The second-order valence-electron chi connectivity index (χ2n) is 12.4. The summed E-state index contributed by atoms with van der Waals surface area (Å²) in [6.45, 7) is -1.15. The Morgan fingerprint density at radius 3 is 2.21 bits per heavy atom. The Morgan fingerprint density at radius 1 is 0.774 bits per heavy atom. The Kier molecular flexibility index (Phi) is 10.8. The molecule has 11 N–H and O–H groups in total. The maximum atomic E-state index is 12.6. The van der Waals surface area contributed by atoms with E-state index in [1.54, 1.807) is 0 Å². The molecule has 0 aliphatic carbocycles. The SMILES string of the molecule is O=C(/C=C/c1ccc(O)c(O)c1)OC[C@H]1O[C@@H](OC2=Cc3c(O)cc(O)cc3OC2c2ccc(O)c(O)c2)[C@H](O[C@@H]2OC[C@@H](O)[C@H](O)[C@H]2O)[C@@H](O)[C@H]1O. The molecule has 284 valence electrons. The van der Waals surface area contributed by atoms with Crippen LogP contribution in [0.5, 0.6) is 40.2 Å². The number of benzene rings is 3. The molecule has 3 aromatic carbocycles. The molecule has 3 aliphatic rings. The minimum atomic E-state index is -1.92. The summed E-state index contributed by atoms with van der Waals surface area (Å²) in [6, 6.07) is 9.71. The first kappa shape index (κ1) is 37.4. The zero-order valence-electron chi connectivity index (χ0n) is 27.3. The van der Waals surface area contributed by atoms with Gasteiger partial charge in [-0.05, 0) is 42.0 Å². The Bertz CT molecular complexity index is 1880. The normalized spacial score (nSPS) is 29.9. The van der Waals surface area contributed by atoms with Crippen LogP contribution in [0.2, 0.25) is 0 Å². The molecule has 0 saturated carbocycles. The van der Waals surface area contributed by atoms with Crippen LogP contribution >= 0.6 is 0 Å². The lowest BCUT2D eigenvalue weighted by atomic mass is 9.97. The average Bonchev–Trinajstić information content (AvgIpc) is 3.12. The van der Waals surface area contributed by atoms with Crippen molar-refractivity contribution in [2.24, 2.45) is 0 Å². The number of hydrogen-bond donors (Lipinski definition) is 11. The second-order valence-corrected chi connectivity index (χ2v) is 12.4. The highest BCUT2D eigenvalue weighted by Crippen LogP contribution is 2.45. The molecule has 3 aliphatic heterocycles. The van der Waals surface area contributed by atoms with Crippen molar-refractivity contribution in [1.82, 2.24) is 0 Å². The van der Waals surface area contributed by atoms with E-state index < -0.39 is 104 Å². The maximum absolute atomic E-state index is 12.6. The number of carbonyl (C=O) groups excluding carboxylic acids is 1. The minimum absolute atomic E-state index is 0.0214. The van der Waals surface area contributed by atoms with E-state index in [4.69, 9.17) is 28.4 Å². The van der Waals surface area contributed by atoms with Crippen LogP contribution in [0.25, 0.3) is 12.2 Å². The van der Waals surface area contributed by atoms with Crippen molar-refractivity contribution in [1.29, 1.82) is 0 Å². The summed E-state index contributed by atoms with van der Waals surface area (Å²) < 4.78 is 34.5. The van der Waals surface area contributed by atoms with Crippen LogP contribution < -0.4 is 4.74 Å². The van der Waals surface area contributed by atoms with Crippen LogP contribution in [0.15, 0.2) is 60.4 Å². The van der Waals surface area contributed by atoms with Gasteiger partial charge in [-0.15, -0.1) is 0 Å². The number of phenols is 6. The van der Waals surface area contributed by atoms with Gasteiger partial charge in [-0.2, -0.15) is 0 Å². The van der Waals surface area contributed by atoms with E-state index in [1.165, 1.54) is 42.5 Å². The number of aromatic hydroxyl groups is 6. The Balaban J connectivity index is 1.30. The quantitative estimate of drug-likeness (QED) is 0.0777. The second kappa shape index (κ2) is 15.3. The lowest BCUT2D eigenvalue weighted by Crippen LogP contribution is -2.63. The van der Waals surface area contributed by atoms with Gasteiger partial charge >= 0.3 is 5.97 Å². The zero-order valence-corrected chi connectivity index (χ0v) is 27.3. The maximum Gasteiger partial charge on any atom is 0.330 e. The third-order valence-corrected chi connectivity index (χ3v) is 8.64. The Labute approximate surface area is 299 Å². The molecular weight excluding hydrogens is 708 g/mol. The van der Waals surface area contributed by atoms with Crippen molar-refractivity contribution in [2.45, 2.75) is 61.4 Å². The third kappa shape index (κ3) is 8.04. The highest BCUT2D eigenvalue weighted by molar-refractivity contribution is 5.87. The van der Waals surface area contributed by atoms with Crippen LogP contribution in [-0.4, -0.2) is 131 Å². The van der Waals surface area contributed by atoms with Crippen molar-refractivity contribution >= 4 is 18.1 Å². The largest absolute Gasteiger partial charge is 0.508 e. The van der Waals surface area contributed by atoms with Crippen molar-refractivity contribution < 1.29 is 89.4 Å². The van der Waals surface area contributed by atoms with E-state index in [1.807, 2.05) is 0 Å². The molecule has 2 saturated heterocycles. The van der Waals surface area contributed by atoms with Gasteiger partial charge in [0, 0.05) is 23.8 Å². The number of carbonyl (C=O) groups is 1. The molecule has 53 heavy (non-hydrogen) atoms. The summed E-state index contributed by atoms with van der Waals surface area (Å²) >= 11 is 0. The van der Waals surface area contributed by atoms with E-state index in [-0.39, 0.29) is 34.1 Å². The van der Waals surface area contributed by atoms with Crippen LogP contribution in [0, 0.1) is 0 Å². The van der Waals surface area contributed by atoms with E-state index in [9.17, 15) is 61.0 Å². The molecule has 2 fully saturated rings. The van der Waals surface area contributed by atoms with E-state index in [0.717, 1.165) is 24.3 Å². The van der Waals surface area contributed by atoms with Crippen molar-refractivity contribution in [3.63, 3.8) is 0 Å². The first-order valence-electron chi connectivity index (χ1n) is 16.0. The summed E-state index contributed by atoms with van der Waals surface area (Å²) in [5, 5.41) is 113. The monoisotopic (exact) mass is 744 g/mol. The Morgan fingerprint density at radius 2 is 1.49 bits per heavy atom. The smallest absolute Gasteiger partial charge is 0.330 e. The van der Waals surface area contributed by atoms with Gasteiger partial charge in [-0.3, -0.25) is 0 Å². The number of aliphatic hydroxyl groups is 5. The van der Waals surface area contributed by atoms with Crippen molar-refractivity contribution in [3.05, 3.63) is 77.1 Å². The molecule has 3 aromatic rings. The first-order valence-corrected chi connectivity index (χ1v) is 16.0. The minimum Gasteiger partial charge on any atom is -0.508 e. The summed E-state index contributed by atoms with van der Waals surface area (Å²) in [6.07, 6.45) is -13.3. The lowest BCUT2D eigenvalue weighted by Gasteiger charge is -2.45. The van der Waals surface area contributed by atoms with Gasteiger partial charge in [0.05, 0.1) is 12.2 Å². The molecule has 0 aromatic heterocycles. The van der Waals surface area contributed by atoms with Crippen LogP contribution in [0.1, 0.15) is 22.8 Å². The molecule has 6 rings (SSSR count). The summed E-state index contributed by atoms with van der Waals surface area (Å²) in [5.74, 6) is -3.71. The number of ether oxygens (including phenoxy) is 6. The fourth-order valence-electron chi connectivity index (χ4n) is 5.77. The van der Waals surface area contributed by atoms with Gasteiger partial charge in [-0.1, -0.05) is 12.1 Å². The molecule has 3 heterocycles. The van der Waals surface area contributed by atoms with Crippen molar-refractivity contribution in [2.75, 3.05) is 13.2 Å². The Hall–Kier alpha value is -5.31. The van der Waals surface area contributed by atoms with E-state index in [2.05, 4.69) is 0 Å². The molecule has 1 unspecified atom stereocenters. The zero-order chi connectivity index (χ0) is 38.1. The topological polar surface area (TPSA) is 295 Å². The standard InChI is InChI=1S/C35H36O18/c36-16-9-20(39)17-11-25(32(50-24(17)10-16)15-3-5-19(38)22(41)8-15)51-35-33(53-34-31(47)28(44)23(42)12-49-34)30(46)29(45)26(52-35)13-48-27(43)6-2-14-1-4-18(37)21(40)7-14/h1-11,23,26,28-42,44-47H,12-13H2/b6-2+/t23-,26-,28+,29+,30+,31-,32?,33-,34+,35-/m1/s1. The first-order chi connectivity index (χ1) is 25.2. The lowest BCUT2D eigenvalue weighted by molar-refractivity contribution is -0.352. The van der Waals surface area contributed by atoms with E-state index in [0.29, 0.717) is 5.56 Å². The molecule has 0 spiro atoms. The van der Waals surface area contributed by atoms with Gasteiger partial charge in [-0.25, -0.2) is 4.79 Å². The van der Waals surface area contributed by atoms with Crippen LogP contribution in [0.4, 0.5) is 0 Å². The predicted octanol–water partition coefficient (Wildman–Crippen LogP) is -0.0611. The highest BCUT2D eigenvalue weighted by Gasteiger charge is 2.51. The number of rotatable bonds is 9. The number of aliphatic hydroxyl groups excluding tert-OH is 5. The molecule has 18 heteroatoms. The van der Waals surface area contributed by atoms with Crippen LogP contribution in [-0.2, 0) is 28.5 Å². The summed E-state index contributed by atoms with van der Waals surface area (Å²) in [4.78, 5) is 12.6. The molecule has 0 radical (unpaired) electrons. The third-order valence-electron chi connectivity index (χ3n) is 8.64. The van der Waals surface area contributed by atoms with Crippen LogP contribution in [0.3, 0.4) is 0 Å². The molecule has 18 nitrogen and oxygen atoms in total.